The Morgan fingerprint density at radius 2 is 1.75 bits per heavy atom. The predicted molar refractivity (Wildman–Crippen MR) is 117 cm³/mol. The minimum Gasteiger partial charge on any atom is -0.758 e. The highest BCUT2D eigenvalue weighted by molar-refractivity contribution is 7.77. The van der Waals surface area contributed by atoms with Crippen LogP contribution in [0.4, 0.5) is 0 Å². The molecule has 0 aliphatic heterocycles. The number of Topliss-reactive ketones (excluding diaryl/α,β-unsaturated/α-hetero) is 1. The molecular weight excluding hydrogens is 388 g/mol. The summed E-state index contributed by atoms with van der Waals surface area (Å²) in [4.78, 5) is 17.6. The second-order valence-corrected chi connectivity index (χ2v) is 7.00. The minimum absolute atomic E-state index is 0.135. The van der Waals surface area contributed by atoms with Crippen LogP contribution < -0.4 is 4.57 Å². The van der Waals surface area contributed by atoms with Gasteiger partial charge in [0.05, 0.1) is 6.54 Å². The second kappa shape index (κ2) is 9.40. The zero-order chi connectivity index (χ0) is 19.9. The molecule has 1 aromatic heterocycles. The highest BCUT2D eigenvalue weighted by Gasteiger charge is 2.28. The highest BCUT2D eigenvalue weighted by Crippen LogP contribution is 2.19. The highest BCUT2D eigenvalue weighted by atomic mass is 35.5. The van der Waals surface area contributed by atoms with Gasteiger partial charge in [-0.05, 0) is 40.9 Å². The van der Waals surface area contributed by atoms with Gasteiger partial charge in [0.25, 0.3) is 0 Å². The smallest absolute Gasteiger partial charge is 0.237 e. The van der Waals surface area contributed by atoms with Gasteiger partial charge in [0.1, 0.15) is 0 Å². The van der Waals surface area contributed by atoms with E-state index in [0.717, 1.165) is 11.1 Å². The van der Waals surface area contributed by atoms with E-state index in [-0.39, 0.29) is 5.78 Å². The lowest BCUT2D eigenvalue weighted by atomic mass is 10.0. The SMILES string of the molecule is C=CCN=C([S-])C(C(=O)c1ccc(Cl)cc1)[n+]1cccc(-c2ccccc2)c1. The standard InChI is InChI=1S/C23H19ClN2OS/c1-2-14-25-23(28)21(22(27)18-10-12-20(24)13-11-18)26-15-6-9-19(16-26)17-7-4-3-5-8-17/h2-13,15-16,21H,1,14H2. The summed E-state index contributed by atoms with van der Waals surface area (Å²) in [5.41, 5.74) is 2.58. The predicted octanol–water partition coefficient (Wildman–Crippen LogP) is 4.85. The maximum absolute atomic E-state index is 13.3. The molecule has 1 heterocycles. The van der Waals surface area contributed by atoms with Gasteiger partial charge in [0.15, 0.2) is 12.4 Å². The first-order valence-corrected chi connectivity index (χ1v) is 9.57. The van der Waals surface area contributed by atoms with E-state index in [1.807, 2.05) is 59.4 Å². The number of pyridine rings is 1. The van der Waals surface area contributed by atoms with Crippen LogP contribution in [-0.2, 0) is 12.6 Å². The molecule has 0 saturated carbocycles. The summed E-state index contributed by atoms with van der Waals surface area (Å²) in [5, 5.41) is 0.890. The van der Waals surface area contributed by atoms with E-state index < -0.39 is 6.04 Å². The number of carbonyl (C=O) groups is 1. The minimum atomic E-state index is -0.722. The van der Waals surface area contributed by atoms with Crippen molar-refractivity contribution in [3.8, 4) is 11.1 Å². The first kappa shape index (κ1) is 19.9. The maximum Gasteiger partial charge on any atom is 0.237 e. The summed E-state index contributed by atoms with van der Waals surface area (Å²) < 4.78 is 1.81. The van der Waals surface area contributed by atoms with E-state index in [4.69, 9.17) is 24.2 Å². The quantitative estimate of drug-likeness (QED) is 0.140. The molecule has 0 aliphatic carbocycles. The first-order chi connectivity index (χ1) is 13.6. The fourth-order valence-corrected chi connectivity index (χ4v) is 3.27. The van der Waals surface area contributed by atoms with E-state index in [9.17, 15) is 4.79 Å². The molecule has 0 radical (unpaired) electrons. The van der Waals surface area contributed by atoms with E-state index >= 15 is 0 Å². The second-order valence-electron chi connectivity index (χ2n) is 6.15. The zero-order valence-electron chi connectivity index (χ0n) is 15.2. The molecule has 3 aromatic rings. The van der Waals surface area contributed by atoms with Gasteiger partial charge in [-0.25, -0.2) is 0 Å². The molecule has 0 fully saturated rings. The molecule has 0 aliphatic rings. The Kier molecular flexibility index (Phi) is 6.69. The van der Waals surface area contributed by atoms with Crippen LogP contribution in [0, 0.1) is 0 Å². The molecule has 2 aromatic carbocycles. The number of carbonyl (C=O) groups excluding carboxylic acids is 1. The van der Waals surface area contributed by atoms with Crippen molar-refractivity contribution in [1.29, 1.82) is 0 Å². The molecule has 0 spiro atoms. The fourth-order valence-electron chi connectivity index (χ4n) is 2.84. The number of rotatable bonds is 7. The van der Waals surface area contributed by atoms with E-state index in [1.165, 1.54) is 0 Å². The number of hydrogen-bond acceptors (Lipinski definition) is 3. The van der Waals surface area contributed by atoms with Crippen molar-refractivity contribution in [2.45, 2.75) is 6.04 Å². The Hall–Kier alpha value is -2.82. The summed E-state index contributed by atoms with van der Waals surface area (Å²) in [6.45, 7) is 4.03. The largest absolute Gasteiger partial charge is 0.758 e. The molecule has 3 nitrogen and oxygen atoms in total. The molecule has 0 bridgehead atoms. The average molecular weight is 407 g/mol. The Morgan fingerprint density at radius 3 is 2.43 bits per heavy atom. The molecule has 5 heteroatoms. The van der Waals surface area contributed by atoms with Crippen molar-refractivity contribution in [3.63, 3.8) is 0 Å². The van der Waals surface area contributed by atoms with Gasteiger partial charge in [-0.3, -0.25) is 4.79 Å². The van der Waals surface area contributed by atoms with Crippen LogP contribution >= 0.6 is 11.6 Å². The molecule has 1 atom stereocenters. The Labute approximate surface area is 175 Å². The number of hydrogen-bond donors (Lipinski definition) is 0. The zero-order valence-corrected chi connectivity index (χ0v) is 16.7. The Bertz CT molecular complexity index is 1000. The van der Waals surface area contributed by atoms with E-state index in [0.29, 0.717) is 22.2 Å². The molecule has 0 amide bonds. The Morgan fingerprint density at radius 1 is 1.07 bits per heavy atom. The summed E-state index contributed by atoms with van der Waals surface area (Å²) in [5.74, 6) is -0.135. The number of aromatic nitrogens is 1. The molecule has 140 valence electrons. The topological polar surface area (TPSA) is 33.3 Å². The first-order valence-electron chi connectivity index (χ1n) is 8.78. The molecule has 3 rings (SSSR count). The molecule has 1 unspecified atom stereocenters. The molecule has 0 saturated heterocycles. The number of nitrogens with zero attached hydrogens (tertiary/aromatic N) is 2. The normalized spacial score (nSPS) is 12.4. The molecular formula is C23H19ClN2OS. The van der Waals surface area contributed by atoms with Gasteiger partial charge >= 0.3 is 0 Å². The van der Waals surface area contributed by atoms with Gasteiger partial charge in [-0.1, -0.05) is 48.0 Å². The molecule has 28 heavy (non-hydrogen) atoms. The van der Waals surface area contributed by atoms with Crippen molar-refractivity contribution >= 4 is 35.1 Å². The van der Waals surface area contributed by atoms with Crippen LogP contribution in [0.5, 0.6) is 0 Å². The number of aliphatic imine (C=N–C) groups is 1. The van der Waals surface area contributed by atoms with Crippen LogP contribution in [-0.4, -0.2) is 17.4 Å². The monoisotopic (exact) mass is 406 g/mol. The summed E-state index contributed by atoms with van der Waals surface area (Å²) >= 11 is 11.5. The number of halogens is 1. The third kappa shape index (κ3) is 4.71. The lowest BCUT2D eigenvalue weighted by Crippen LogP contribution is -2.47. The summed E-state index contributed by atoms with van der Waals surface area (Å²) in [7, 11) is 0. The Balaban J connectivity index is 2.05. The van der Waals surface area contributed by atoms with Crippen LogP contribution in [0.25, 0.3) is 11.1 Å². The van der Waals surface area contributed by atoms with Crippen LogP contribution in [0.2, 0.25) is 5.02 Å². The van der Waals surface area contributed by atoms with Crippen molar-refractivity contribution < 1.29 is 9.36 Å². The van der Waals surface area contributed by atoms with Crippen LogP contribution in [0.3, 0.4) is 0 Å². The fraction of sp³-hybridized carbons (Fsp3) is 0.0870. The van der Waals surface area contributed by atoms with Gasteiger partial charge in [-0.2, -0.15) is 4.57 Å². The van der Waals surface area contributed by atoms with E-state index in [2.05, 4.69) is 11.6 Å². The van der Waals surface area contributed by atoms with Crippen molar-refractivity contribution in [2.75, 3.05) is 6.54 Å². The maximum atomic E-state index is 13.3. The van der Waals surface area contributed by atoms with Crippen molar-refractivity contribution in [2.24, 2.45) is 4.99 Å². The van der Waals surface area contributed by atoms with Gasteiger partial charge in [0, 0.05) is 22.2 Å². The van der Waals surface area contributed by atoms with Gasteiger partial charge in [-0.15, -0.1) is 6.58 Å². The average Bonchev–Trinajstić information content (AvgIpc) is 2.73. The van der Waals surface area contributed by atoms with Gasteiger partial charge < -0.3 is 17.6 Å². The number of ketones is 1. The van der Waals surface area contributed by atoms with Crippen LogP contribution in [0.1, 0.15) is 16.4 Å². The number of benzene rings is 2. The summed E-state index contributed by atoms with van der Waals surface area (Å²) in [6.07, 6.45) is 5.41. The summed E-state index contributed by atoms with van der Waals surface area (Å²) in [6, 6.07) is 20.0. The lowest BCUT2D eigenvalue weighted by molar-refractivity contribution is -0.691. The van der Waals surface area contributed by atoms with Crippen molar-refractivity contribution in [1.82, 2.24) is 0 Å². The van der Waals surface area contributed by atoms with Crippen molar-refractivity contribution in [3.05, 3.63) is 102 Å². The lowest BCUT2D eigenvalue weighted by Gasteiger charge is -2.19. The third-order valence-corrected chi connectivity index (χ3v) is 4.82. The van der Waals surface area contributed by atoms with Gasteiger partial charge in [0.2, 0.25) is 11.8 Å². The molecule has 0 N–H and O–H groups in total. The third-order valence-electron chi connectivity index (χ3n) is 4.21. The van der Waals surface area contributed by atoms with Crippen LogP contribution in [0.15, 0.2) is 96.8 Å². The van der Waals surface area contributed by atoms with E-state index in [1.54, 1.807) is 30.3 Å².